The number of ether oxygens (including phenoxy) is 6. The first kappa shape index (κ1) is 50.9. The van der Waals surface area contributed by atoms with E-state index >= 15 is 0 Å². The normalized spacial score (nSPS) is 57.4. The highest BCUT2D eigenvalue weighted by atomic mass is 16.8. The molecule has 0 aromatic heterocycles. The number of hydrogen-bond donors (Lipinski definition) is 11. The minimum Gasteiger partial charge on any atom is -0.479 e. The van der Waals surface area contributed by atoms with E-state index in [1.807, 2.05) is 6.92 Å². The third-order valence-electron chi connectivity index (χ3n) is 20.4. The van der Waals surface area contributed by atoms with Crippen molar-refractivity contribution in [3.8, 4) is 0 Å². The van der Waals surface area contributed by atoms with Crippen molar-refractivity contribution in [1.82, 2.24) is 0 Å². The molecule has 18 nitrogen and oxygen atoms in total. The Kier molecular flexibility index (Phi) is 13.4. The van der Waals surface area contributed by atoms with Gasteiger partial charge in [-0.1, -0.05) is 60.1 Å². The zero-order valence-corrected chi connectivity index (χ0v) is 39.7. The number of carboxylic acid groups (broad SMARTS) is 1. The fourth-order valence-corrected chi connectivity index (χ4v) is 15.1. The fraction of sp³-hybridized carbons (Fsp3) is 0.938. The summed E-state index contributed by atoms with van der Waals surface area (Å²) in [6.45, 7) is 16.3. The number of fused-ring (bicyclic) bond motifs is 7. The molecule has 0 radical (unpaired) electrons. The average Bonchev–Trinajstić information content (AvgIpc) is 3.27. The molecule has 66 heavy (non-hydrogen) atoms. The van der Waals surface area contributed by atoms with Gasteiger partial charge in [0.25, 0.3) is 0 Å². The van der Waals surface area contributed by atoms with Crippen LogP contribution in [-0.2, 0) is 33.2 Å². The Bertz CT molecular complexity index is 1840. The topological polar surface area (TPSA) is 295 Å². The smallest absolute Gasteiger partial charge is 0.335 e. The molecule has 5 aliphatic carbocycles. The van der Waals surface area contributed by atoms with Crippen molar-refractivity contribution < 1.29 is 89.4 Å². The van der Waals surface area contributed by atoms with Crippen molar-refractivity contribution in [2.75, 3.05) is 19.8 Å². The zero-order chi connectivity index (χ0) is 48.5. The lowest BCUT2D eigenvalue weighted by atomic mass is 9.30. The molecule has 3 heterocycles. The molecule has 7 fully saturated rings. The van der Waals surface area contributed by atoms with Crippen molar-refractivity contribution in [1.29, 1.82) is 0 Å². The molecule has 7 unspecified atom stereocenters. The molecular weight excluding hydrogens is 865 g/mol. The molecule has 0 spiro atoms. The molecule has 11 N–H and O–H groups in total. The minimum atomic E-state index is -2.03. The largest absolute Gasteiger partial charge is 0.479 e. The van der Waals surface area contributed by atoms with Gasteiger partial charge >= 0.3 is 5.97 Å². The van der Waals surface area contributed by atoms with Crippen LogP contribution in [-0.4, -0.2) is 180 Å². The maximum Gasteiger partial charge on any atom is 0.335 e. The van der Waals surface area contributed by atoms with E-state index in [2.05, 4.69) is 47.6 Å². The second kappa shape index (κ2) is 17.4. The Labute approximate surface area is 387 Å². The molecule has 0 aromatic carbocycles. The summed E-state index contributed by atoms with van der Waals surface area (Å²) >= 11 is 0. The van der Waals surface area contributed by atoms with E-state index in [4.69, 9.17) is 28.4 Å². The summed E-state index contributed by atoms with van der Waals surface area (Å²) in [4.78, 5) is 12.5. The summed E-state index contributed by atoms with van der Waals surface area (Å²) in [5, 5.41) is 120. The van der Waals surface area contributed by atoms with E-state index in [1.165, 1.54) is 12.5 Å². The van der Waals surface area contributed by atoms with E-state index in [1.54, 1.807) is 0 Å². The van der Waals surface area contributed by atoms with E-state index in [0.717, 1.165) is 32.1 Å². The van der Waals surface area contributed by atoms with E-state index in [-0.39, 0.29) is 52.1 Å². The summed E-state index contributed by atoms with van der Waals surface area (Å²) in [6, 6.07) is 0. The van der Waals surface area contributed by atoms with Crippen LogP contribution in [0.4, 0.5) is 0 Å². The number of hydrogen-bond acceptors (Lipinski definition) is 17. The molecule has 378 valence electrons. The van der Waals surface area contributed by atoms with Crippen molar-refractivity contribution in [3.05, 3.63) is 11.6 Å². The van der Waals surface area contributed by atoms with Gasteiger partial charge in [0.15, 0.2) is 25.0 Å². The van der Waals surface area contributed by atoms with Gasteiger partial charge in [-0.3, -0.25) is 0 Å². The maximum absolute atomic E-state index is 12.5. The molecule has 8 rings (SSSR count). The highest BCUT2D eigenvalue weighted by Gasteiger charge is 2.73. The molecule has 3 aliphatic heterocycles. The number of carbonyl (C=O) groups is 1. The quantitative estimate of drug-likeness (QED) is 0.112. The molecule has 4 saturated carbocycles. The van der Waals surface area contributed by atoms with Gasteiger partial charge in [0.1, 0.15) is 54.9 Å². The molecule has 3 saturated heterocycles. The third kappa shape index (κ3) is 7.36. The van der Waals surface area contributed by atoms with Crippen LogP contribution in [0.1, 0.15) is 113 Å². The molecular formula is C48H78O18. The molecule has 8 aliphatic rings. The van der Waals surface area contributed by atoms with Gasteiger partial charge in [-0.05, 0) is 104 Å². The van der Waals surface area contributed by atoms with Gasteiger partial charge in [-0.2, -0.15) is 0 Å². The van der Waals surface area contributed by atoms with Crippen LogP contribution < -0.4 is 0 Å². The third-order valence-corrected chi connectivity index (χ3v) is 20.4. The van der Waals surface area contributed by atoms with Gasteiger partial charge in [-0.25, -0.2) is 4.79 Å². The summed E-state index contributed by atoms with van der Waals surface area (Å²) in [5.74, 6) is -1.27. The van der Waals surface area contributed by atoms with Crippen molar-refractivity contribution >= 4 is 5.97 Å². The van der Waals surface area contributed by atoms with Crippen LogP contribution >= 0.6 is 0 Å². The summed E-state index contributed by atoms with van der Waals surface area (Å²) in [7, 11) is 0. The Balaban J connectivity index is 1.08. The highest BCUT2D eigenvalue weighted by molar-refractivity contribution is 5.73. The van der Waals surface area contributed by atoms with E-state index < -0.39 is 122 Å². The van der Waals surface area contributed by atoms with Crippen molar-refractivity contribution in [3.63, 3.8) is 0 Å². The number of aliphatic hydroxyl groups is 10. The predicted octanol–water partition coefficient (Wildman–Crippen LogP) is 0.706. The monoisotopic (exact) mass is 943 g/mol. The Morgan fingerprint density at radius 3 is 2.02 bits per heavy atom. The van der Waals surface area contributed by atoms with Crippen LogP contribution in [0.3, 0.4) is 0 Å². The zero-order valence-electron chi connectivity index (χ0n) is 39.7. The first-order valence-electron chi connectivity index (χ1n) is 24.2. The highest BCUT2D eigenvalue weighted by Crippen LogP contribution is 2.79. The van der Waals surface area contributed by atoms with Gasteiger partial charge in [0.05, 0.1) is 31.5 Å². The van der Waals surface area contributed by atoms with Crippen LogP contribution in [0, 0.1) is 49.7 Å². The second-order valence-electron chi connectivity index (χ2n) is 23.5. The summed E-state index contributed by atoms with van der Waals surface area (Å²) in [5.41, 5.74) is -1.49. The molecule has 18 heteroatoms. The maximum atomic E-state index is 12.5. The van der Waals surface area contributed by atoms with Crippen LogP contribution in [0.15, 0.2) is 11.6 Å². The lowest BCUT2D eigenvalue weighted by Gasteiger charge is -2.75. The Morgan fingerprint density at radius 2 is 1.36 bits per heavy atom. The second-order valence-corrected chi connectivity index (χ2v) is 23.5. The fourth-order valence-electron chi connectivity index (χ4n) is 15.1. The lowest BCUT2D eigenvalue weighted by molar-refractivity contribution is -0.389. The Morgan fingerprint density at radius 1 is 0.697 bits per heavy atom. The molecule has 0 aromatic rings. The molecule has 0 bridgehead atoms. The molecule has 0 amide bonds. The van der Waals surface area contributed by atoms with Crippen molar-refractivity contribution in [2.45, 2.75) is 211 Å². The van der Waals surface area contributed by atoms with Gasteiger partial charge in [-0.15, -0.1) is 0 Å². The summed E-state index contributed by atoms with van der Waals surface area (Å²) in [6.07, 6.45) is -16.0. The van der Waals surface area contributed by atoms with Gasteiger partial charge < -0.3 is 84.6 Å². The van der Waals surface area contributed by atoms with Gasteiger partial charge in [0.2, 0.25) is 0 Å². The SMILES string of the molecule is C[C@@H]1O[C@@H](O[C@H]2[C@H](O[C@H]3[C@H](OC4CCC5(C)C6CC=C7C8C[C@@](C)(CO)CC(O)C8(C)CC[C@@]7(C)C6(C)CC[C@@]5(C)[C@@]4(C)CO)O[C@H](C(=O)O)[C@@H](O)[C@@H]3O)OC[C@@H](O)[C@@H]2O)[C@H](O)[C@H](O)[C@H]1O. The number of carboxylic acids is 1. The van der Waals surface area contributed by atoms with Gasteiger partial charge in [0, 0.05) is 17.4 Å². The van der Waals surface area contributed by atoms with E-state index in [0.29, 0.717) is 25.7 Å². The van der Waals surface area contributed by atoms with Crippen LogP contribution in [0.25, 0.3) is 0 Å². The average molecular weight is 943 g/mol. The number of aliphatic carboxylic acids is 1. The van der Waals surface area contributed by atoms with Crippen LogP contribution in [0.2, 0.25) is 0 Å². The number of rotatable bonds is 9. The van der Waals surface area contributed by atoms with E-state index in [9.17, 15) is 61.0 Å². The van der Waals surface area contributed by atoms with Crippen molar-refractivity contribution in [2.24, 2.45) is 49.7 Å². The first-order valence-corrected chi connectivity index (χ1v) is 24.2. The lowest BCUT2D eigenvalue weighted by Crippen LogP contribution is -2.71. The number of allylic oxidation sites excluding steroid dienone is 2. The van der Waals surface area contributed by atoms with Crippen LogP contribution in [0.5, 0.6) is 0 Å². The minimum absolute atomic E-state index is 0.0181. The predicted molar refractivity (Wildman–Crippen MR) is 231 cm³/mol. The standard InChI is InChI=1S/C48H78O18/c1-22-29(53)31(55)34(58)39(62-22)65-36-30(54)25(51)19-61-40(36)66-37-33(57)32(56)35(38(59)60)64-41(37)63-28-11-12-46(6)26-10-9-23-24-17-42(2,20-49)18-27(52)43(24,3)13-14-44(23,4)45(26,5)15-16-48(46,8)47(28,7)21-50/h9,22,24-37,39-41,49-58H,10-21H2,1-8H3,(H,59,60)/t22-,24?,25+,26?,27?,28?,29-,30-,31+,32-,33-,34+,35-,36+,37+,39-,40-,41+,42+,43?,44+,45?,46?,47-,48+/m0/s1. The Hall–Kier alpha value is -1.43. The number of aliphatic hydroxyl groups excluding tert-OH is 10. The summed E-state index contributed by atoms with van der Waals surface area (Å²) < 4.78 is 36.2. The first-order chi connectivity index (χ1) is 30.7. The molecule has 25 atom stereocenters.